The summed E-state index contributed by atoms with van der Waals surface area (Å²) >= 11 is 1.48. The Hall–Kier alpha value is -2.65. The summed E-state index contributed by atoms with van der Waals surface area (Å²) in [4.78, 5) is 21.9. The molecule has 8 nitrogen and oxygen atoms in total. The molecule has 9 heteroatoms. The van der Waals surface area contributed by atoms with Crippen molar-refractivity contribution in [3.05, 3.63) is 42.1 Å². The van der Waals surface area contributed by atoms with E-state index < -0.39 is 0 Å². The van der Waals surface area contributed by atoms with Crippen LogP contribution < -0.4 is 10.6 Å². The van der Waals surface area contributed by atoms with Gasteiger partial charge in [-0.1, -0.05) is 49.0 Å². The molecular weight excluding hydrogens is 412 g/mol. The van der Waals surface area contributed by atoms with E-state index in [0.29, 0.717) is 38.0 Å². The second kappa shape index (κ2) is 11.7. The molecule has 0 bridgehead atoms. The fourth-order valence-corrected chi connectivity index (χ4v) is 3.74. The van der Waals surface area contributed by atoms with Gasteiger partial charge in [0.25, 0.3) is 0 Å². The Bertz CT molecular complexity index is 979. The molecule has 0 aliphatic rings. The molecule has 3 aromatic rings. The smallest absolute Gasteiger partial charge is 0.227 e. The van der Waals surface area contributed by atoms with E-state index in [1.165, 1.54) is 11.8 Å². The van der Waals surface area contributed by atoms with Crippen molar-refractivity contribution in [1.29, 1.82) is 0 Å². The summed E-state index contributed by atoms with van der Waals surface area (Å²) in [6.07, 6.45) is 4.46. The number of thioether (sulfide) groups is 1. The van der Waals surface area contributed by atoms with E-state index in [-0.39, 0.29) is 11.8 Å². The van der Waals surface area contributed by atoms with Crippen molar-refractivity contribution >= 4 is 34.5 Å². The Kier molecular flexibility index (Phi) is 8.66. The van der Waals surface area contributed by atoms with Gasteiger partial charge in [0.1, 0.15) is 5.82 Å². The van der Waals surface area contributed by atoms with Gasteiger partial charge in [0.05, 0.1) is 30.7 Å². The number of carbonyl (C=O) groups excluding carboxylic acids is 1. The van der Waals surface area contributed by atoms with Crippen molar-refractivity contribution in [2.24, 2.45) is 0 Å². The summed E-state index contributed by atoms with van der Waals surface area (Å²) in [5, 5.41) is 12.4. The van der Waals surface area contributed by atoms with Crippen LogP contribution in [0.15, 0.2) is 41.7 Å². The lowest BCUT2D eigenvalue weighted by Crippen LogP contribution is -2.32. The minimum absolute atomic E-state index is 0.0304. The van der Waals surface area contributed by atoms with E-state index in [2.05, 4.69) is 25.7 Å². The Morgan fingerprint density at radius 2 is 2.00 bits per heavy atom. The van der Waals surface area contributed by atoms with E-state index >= 15 is 0 Å². The predicted octanol–water partition coefficient (Wildman–Crippen LogP) is 3.31. The second-order valence-electron chi connectivity index (χ2n) is 6.95. The topological polar surface area (TPSA) is 94.0 Å². The molecule has 31 heavy (non-hydrogen) atoms. The lowest BCUT2D eigenvalue weighted by atomic mass is 9.96. The van der Waals surface area contributed by atoms with Crippen LogP contribution >= 0.6 is 11.8 Å². The lowest BCUT2D eigenvalue weighted by molar-refractivity contribution is -0.122. The van der Waals surface area contributed by atoms with Crippen LogP contribution in [0.2, 0.25) is 0 Å². The number of benzene rings is 1. The molecule has 0 saturated carbocycles. The Balaban J connectivity index is 1.66. The van der Waals surface area contributed by atoms with Gasteiger partial charge in [-0.3, -0.25) is 4.79 Å². The molecule has 1 atom stereocenters. The average Bonchev–Trinajstić information content (AvgIpc) is 3.21. The van der Waals surface area contributed by atoms with Crippen LogP contribution in [0.1, 0.15) is 31.7 Å². The third-order valence-electron chi connectivity index (χ3n) is 4.95. The van der Waals surface area contributed by atoms with Crippen LogP contribution in [0.4, 0.5) is 5.82 Å². The predicted molar refractivity (Wildman–Crippen MR) is 125 cm³/mol. The van der Waals surface area contributed by atoms with E-state index in [0.717, 1.165) is 28.8 Å². The molecule has 0 spiro atoms. The maximum absolute atomic E-state index is 12.7. The minimum Gasteiger partial charge on any atom is -0.380 e. The normalized spacial score (nSPS) is 12.1. The third kappa shape index (κ3) is 5.95. The quantitative estimate of drug-likeness (QED) is 0.252. The van der Waals surface area contributed by atoms with E-state index in [1.807, 2.05) is 55.1 Å². The first-order chi connectivity index (χ1) is 15.2. The molecular formula is C22H30N6O2S. The number of ether oxygens (including phenoxy) is 1. The molecule has 166 valence electrons. The van der Waals surface area contributed by atoms with E-state index in [4.69, 9.17) is 4.74 Å². The summed E-state index contributed by atoms with van der Waals surface area (Å²) < 4.78 is 7.21. The Labute approximate surface area is 187 Å². The van der Waals surface area contributed by atoms with Gasteiger partial charge in [-0.2, -0.15) is 5.10 Å². The number of fused-ring (bicyclic) bond motifs is 1. The standard InChI is InChI=1S/C22H30N6O2S/c1-4-17(16-9-7-6-8-10-16)21(29)24-11-13-28-20-18(15-25-28)19(23-12-14-30-5-2)26-22(27-20)31-3/h6-10,15,17H,4-5,11-14H2,1-3H3,(H,24,29)(H,23,26,27). The fourth-order valence-electron chi connectivity index (χ4n) is 3.38. The molecule has 0 aliphatic carbocycles. The first-order valence-corrected chi connectivity index (χ1v) is 11.8. The first kappa shape index (κ1) is 23.0. The van der Waals surface area contributed by atoms with Gasteiger partial charge in [0.15, 0.2) is 10.8 Å². The van der Waals surface area contributed by atoms with Gasteiger partial charge in [-0.05, 0) is 25.2 Å². The first-order valence-electron chi connectivity index (χ1n) is 10.6. The molecule has 0 radical (unpaired) electrons. The number of nitrogens with zero attached hydrogens (tertiary/aromatic N) is 4. The lowest BCUT2D eigenvalue weighted by Gasteiger charge is -2.15. The van der Waals surface area contributed by atoms with Gasteiger partial charge in [-0.25, -0.2) is 14.6 Å². The molecule has 2 aromatic heterocycles. The zero-order valence-corrected chi connectivity index (χ0v) is 19.1. The molecule has 2 heterocycles. The monoisotopic (exact) mass is 442 g/mol. The van der Waals surface area contributed by atoms with Gasteiger partial charge in [0.2, 0.25) is 5.91 Å². The zero-order chi connectivity index (χ0) is 22.1. The summed E-state index contributed by atoms with van der Waals surface area (Å²) in [7, 11) is 0. The van der Waals surface area contributed by atoms with Gasteiger partial charge >= 0.3 is 0 Å². The summed E-state index contributed by atoms with van der Waals surface area (Å²) in [5.74, 6) is 0.629. The molecule has 1 aromatic carbocycles. The zero-order valence-electron chi connectivity index (χ0n) is 18.3. The number of hydrogen-bond donors (Lipinski definition) is 2. The molecule has 0 fully saturated rings. The average molecular weight is 443 g/mol. The highest BCUT2D eigenvalue weighted by Crippen LogP contribution is 2.23. The van der Waals surface area contributed by atoms with E-state index in [1.54, 1.807) is 6.20 Å². The van der Waals surface area contributed by atoms with Crippen molar-refractivity contribution in [1.82, 2.24) is 25.1 Å². The van der Waals surface area contributed by atoms with Crippen molar-refractivity contribution in [3.63, 3.8) is 0 Å². The van der Waals surface area contributed by atoms with Crippen molar-refractivity contribution in [2.45, 2.75) is 37.9 Å². The highest BCUT2D eigenvalue weighted by molar-refractivity contribution is 7.98. The SMILES string of the molecule is CCOCCNc1nc(SC)nc2c1cnn2CCNC(=O)C(CC)c1ccccc1. The van der Waals surface area contributed by atoms with Crippen LogP contribution in [0.3, 0.4) is 0 Å². The number of hydrogen-bond acceptors (Lipinski definition) is 7. The summed E-state index contributed by atoms with van der Waals surface area (Å²) in [5.41, 5.74) is 1.79. The van der Waals surface area contributed by atoms with Crippen LogP contribution in [0.5, 0.6) is 0 Å². The maximum atomic E-state index is 12.7. The fraction of sp³-hybridized carbons (Fsp3) is 0.455. The number of amides is 1. The Morgan fingerprint density at radius 3 is 2.71 bits per heavy atom. The van der Waals surface area contributed by atoms with Crippen molar-refractivity contribution in [3.8, 4) is 0 Å². The summed E-state index contributed by atoms with van der Waals surface area (Å²) in [6, 6.07) is 9.88. The molecule has 2 N–H and O–H groups in total. The molecule has 0 aliphatic heterocycles. The van der Waals surface area contributed by atoms with E-state index in [9.17, 15) is 4.79 Å². The number of aromatic nitrogens is 4. The highest BCUT2D eigenvalue weighted by Gasteiger charge is 2.18. The molecule has 3 rings (SSSR count). The molecule has 1 unspecified atom stereocenters. The largest absolute Gasteiger partial charge is 0.380 e. The van der Waals surface area contributed by atoms with Crippen LogP contribution in [-0.4, -0.2) is 58.2 Å². The number of carbonyl (C=O) groups is 1. The Morgan fingerprint density at radius 1 is 1.19 bits per heavy atom. The number of rotatable bonds is 12. The molecule has 0 saturated heterocycles. The third-order valence-corrected chi connectivity index (χ3v) is 5.50. The van der Waals surface area contributed by atoms with Gasteiger partial charge in [0, 0.05) is 19.7 Å². The van der Waals surface area contributed by atoms with Gasteiger partial charge < -0.3 is 15.4 Å². The number of anilines is 1. The highest BCUT2D eigenvalue weighted by atomic mass is 32.2. The van der Waals surface area contributed by atoms with Gasteiger partial charge in [-0.15, -0.1) is 0 Å². The van der Waals surface area contributed by atoms with Crippen LogP contribution in [0, 0.1) is 0 Å². The maximum Gasteiger partial charge on any atom is 0.227 e. The second-order valence-corrected chi connectivity index (χ2v) is 7.72. The van der Waals surface area contributed by atoms with Crippen molar-refractivity contribution < 1.29 is 9.53 Å². The summed E-state index contributed by atoms with van der Waals surface area (Å²) in [6.45, 7) is 6.96. The minimum atomic E-state index is -0.151. The van der Waals surface area contributed by atoms with Crippen LogP contribution in [-0.2, 0) is 16.1 Å². The van der Waals surface area contributed by atoms with Crippen molar-refractivity contribution in [2.75, 3.05) is 37.9 Å². The number of nitrogens with one attached hydrogen (secondary N) is 2. The van der Waals surface area contributed by atoms with Crippen LogP contribution in [0.25, 0.3) is 11.0 Å². The molecule has 1 amide bonds.